The minimum absolute atomic E-state index is 0.794. The molecule has 0 N–H and O–H groups in total. The van der Waals surface area contributed by atoms with Crippen molar-refractivity contribution >= 4 is 0 Å². The Morgan fingerprint density at radius 1 is 0.739 bits per heavy atom. The summed E-state index contributed by atoms with van der Waals surface area (Å²) in [7, 11) is 0. The Bertz CT molecular complexity index is 603. The standard InChI is InChI=1S/C21H26O2/c1-3-5-11-22-18-9-7-16-13-17-8-10-19(23-12-6-4-2)15-21(17)20(16)14-18/h7-10,14-15H,3-6,11-13H2,1-2H3. The number of ether oxygens (including phenoxy) is 2. The van der Waals surface area contributed by atoms with E-state index in [1.54, 1.807) is 0 Å². The Labute approximate surface area is 139 Å². The van der Waals surface area contributed by atoms with Crippen molar-refractivity contribution in [2.24, 2.45) is 0 Å². The average molecular weight is 310 g/mol. The van der Waals surface area contributed by atoms with Gasteiger partial charge in [0.15, 0.2) is 0 Å². The molecule has 2 aromatic rings. The van der Waals surface area contributed by atoms with Crippen LogP contribution in [0.15, 0.2) is 36.4 Å². The summed E-state index contributed by atoms with van der Waals surface area (Å²) >= 11 is 0. The molecule has 122 valence electrons. The Balaban J connectivity index is 1.79. The molecule has 0 aliphatic heterocycles. The number of unbranched alkanes of at least 4 members (excludes halogenated alkanes) is 2. The van der Waals surface area contributed by atoms with Crippen LogP contribution >= 0.6 is 0 Å². The first-order chi connectivity index (χ1) is 11.3. The maximum atomic E-state index is 5.87. The maximum absolute atomic E-state index is 5.87. The summed E-state index contributed by atoms with van der Waals surface area (Å²) in [5.41, 5.74) is 5.37. The Morgan fingerprint density at radius 2 is 1.22 bits per heavy atom. The van der Waals surface area contributed by atoms with E-state index in [9.17, 15) is 0 Å². The van der Waals surface area contributed by atoms with E-state index in [-0.39, 0.29) is 0 Å². The van der Waals surface area contributed by atoms with Crippen molar-refractivity contribution in [1.29, 1.82) is 0 Å². The molecule has 1 aliphatic carbocycles. The molecule has 0 unspecified atom stereocenters. The molecular formula is C21H26O2. The van der Waals surface area contributed by atoms with Crippen LogP contribution in [0.4, 0.5) is 0 Å². The van der Waals surface area contributed by atoms with E-state index in [2.05, 4.69) is 50.2 Å². The van der Waals surface area contributed by atoms with Gasteiger partial charge >= 0.3 is 0 Å². The zero-order valence-corrected chi connectivity index (χ0v) is 14.2. The van der Waals surface area contributed by atoms with Crippen LogP contribution in [-0.4, -0.2) is 13.2 Å². The fourth-order valence-corrected chi connectivity index (χ4v) is 2.97. The van der Waals surface area contributed by atoms with Crippen LogP contribution in [0, 0.1) is 0 Å². The molecule has 0 heterocycles. The van der Waals surface area contributed by atoms with Gasteiger partial charge in [0.2, 0.25) is 0 Å². The molecule has 0 fully saturated rings. The molecule has 2 nitrogen and oxygen atoms in total. The van der Waals surface area contributed by atoms with Gasteiger partial charge in [-0.2, -0.15) is 0 Å². The third-order valence-electron chi connectivity index (χ3n) is 4.37. The van der Waals surface area contributed by atoms with Crippen molar-refractivity contribution in [3.63, 3.8) is 0 Å². The van der Waals surface area contributed by atoms with Crippen molar-refractivity contribution in [3.8, 4) is 22.6 Å². The minimum Gasteiger partial charge on any atom is -0.494 e. The molecule has 2 heteroatoms. The number of hydrogen-bond donors (Lipinski definition) is 0. The van der Waals surface area contributed by atoms with E-state index in [1.807, 2.05) is 0 Å². The first-order valence-electron chi connectivity index (χ1n) is 8.83. The lowest BCUT2D eigenvalue weighted by Gasteiger charge is -2.09. The van der Waals surface area contributed by atoms with E-state index in [1.165, 1.54) is 22.3 Å². The summed E-state index contributed by atoms with van der Waals surface area (Å²) in [4.78, 5) is 0. The summed E-state index contributed by atoms with van der Waals surface area (Å²) in [5.74, 6) is 1.95. The second kappa shape index (κ2) is 7.54. The van der Waals surface area contributed by atoms with Gasteiger partial charge < -0.3 is 9.47 Å². The van der Waals surface area contributed by atoms with Gasteiger partial charge in [-0.25, -0.2) is 0 Å². The highest BCUT2D eigenvalue weighted by molar-refractivity contribution is 5.78. The topological polar surface area (TPSA) is 18.5 Å². The second-order valence-corrected chi connectivity index (χ2v) is 6.22. The lowest BCUT2D eigenvalue weighted by molar-refractivity contribution is 0.309. The molecule has 0 saturated carbocycles. The molecule has 23 heavy (non-hydrogen) atoms. The number of rotatable bonds is 8. The first-order valence-corrected chi connectivity index (χ1v) is 8.83. The molecule has 0 saturated heterocycles. The van der Waals surface area contributed by atoms with Gasteiger partial charge in [-0.3, -0.25) is 0 Å². The van der Waals surface area contributed by atoms with Gasteiger partial charge in [0, 0.05) is 0 Å². The molecule has 0 radical (unpaired) electrons. The predicted molar refractivity (Wildman–Crippen MR) is 95.5 cm³/mol. The number of benzene rings is 2. The highest BCUT2D eigenvalue weighted by atomic mass is 16.5. The van der Waals surface area contributed by atoms with Crippen LogP contribution < -0.4 is 9.47 Å². The van der Waals surface area contributed by atoms with Crippen LogP contribution in [0.2, 0.25) is 0 Å². The first kappa shape index (κ1) is 15.9. The molecule has 0 atom stereocenters. The lowest BCUT2D eigenvalue weighted by atomic mass is 10.1. The molecule has 0 aromatic heterocycles. The second-order valence-electron chi connectivity index (χ2n) is 6.22. The van der Waals surface area contributed by atoms with Crippen LogP contribution in [-0.2, 0) is 6.42 Å². The molecule has 0 spiro atoms. The SMILES string of the molecule is CCCCOc1ccc2c(c1)-c1cc(OCCCC)ccc1C2. The van der Waals surface area contributed by atoms with Crippen molar-refractivity contribution < 1.29 is 9.47 Å². The maximum Gasteiger partial charge on any atom is 0.119 e. The third-order valence-corrected chi connectivity index (χ3v) is 4.37. The van der Waals surface area contributed by atoms with Gasteiger partial charge in [0.25, 0.3) is 0 Å². The van der Waals surface area contributed by atoms with Crippen molar-refractivity contribution in [1.82, 2.24) is 0 Å². The highest BCUT2D eigenvalue weighted by Gasteiger charge is 2.19. The molecule has 3 rings (SSSR count). The largest absolute Gasteiger partial charge is 0.494 e. The fourth-order valence-electron chi connectivity index (χ4n) is 2.97. The van der Waals surface area contributed by atoms with E-state index < -0.39 is 0 Å². The van der Waals surface area contributed by atoms with Crippen LogP contribution in [0.5, 0.6) is 11.5 Å². The fraction of sp³-hybridized carbons (Fsp3) is 0.429. The van der Waals surface area contributed by atoms with Gasteiger partial charge in [-0.05, 0) is 65.8 Å². The van der Waals surface area contributed by atoms with Crippen LogP contribution in [0.1, 0.15) is 50.7 Å². The zero-order chi connectivity index (χ0) is 16.1. The van der Waals surface area contributed by atoms with E-state index in [4.69, 9.17) is 9.47 Å². The van der Waals surface area contributed by atoms with E-state index in [0.717, 1.165) is 56.8 Å². The van der Waals surface area contributed by atoms with E-state index in [0.29, 0.717) is 0 Å². The molecule has 0 bridgehead atoms. The lowest BCUT2D eigenvalue weighted by Crippen LogP contribution is -1.97. The summed E-state index contributed by atoms with van der Waals surface area (Å²) in [6.07, 6.45) is 5.53. The number of fused-ring (bicyclic) bond motifs is 3. The summed E-state index contributed by atoms with van der Waals surface area (Å²) in [6, 6.07) is 13.0. The molecule has 2 aromatic carbocycles. The van der Waals surface area contributed by atoms with E-state index >= 15 is 0 Å². The highest BCUT2D eigenvalue weighted by Crippen LogP contribution is 2.40. The quantitative estimate of drug-likeness (QED) is 0.503. The Hall–Kier alpha value is -1.96. The van der Waals surface area contributed by atoms with Gasteiger partial charge in [-0.1, -0.05) is 38.8 Å². The smallest absolute Gasteiger partial charge is 0.119 e. The van der Waals surface area contributed by atoms with Crippen molar-refractivity contribution in [2.45, 2.75) is 46.0 Å². The summed E-state index contributed by atoms with van der Waals surface area (Å²) < 4.78 is 11.7. The summed E-state index contributed by atoms with van der Waals surface area (Å²) in [5, 5.41) is 0. The minimum atomic E-state index is 0.794. The molecular weight excluding hydrogens is 284 g/mol. The van der Waals surface area contributed by atoms with Gasteiger partial charge in [0.05, 0.1) is 13.2 Å². The summed E-state index contributed by atoms with van der Waals surface area (Å²) in [6.45, 7) is 5.95. The Morgan fingerprint density at radius 3 is 1.65 bits per heavy atom. The zero-order valence-electron chi connectivity index (χ0n) is 14.2. The van der Waals surface area contributed by atoms with Crippen molar-refractivity contribution in [3.05, 3.63) is 47.5 Å². The van der Waals surface area contributed by atoms with Crippen LogP contribution in [0.3, 0.4) is 0 Å². The van der Waals surface area contributed by atoms with Gasteiger partial charge in [0.1, 0.15) is 11.5 Å². The average Bonchev–Trinajstić information content (AvgIpc) is 2.93. The third kappa shape index (κ3) is 3.69. The molecule has 0 amide bonds. The predicted octanol–water partition coefficient (Wildman–Crippen LogP) is 5.62. The van der Waals surface area contributed by atoms with Crippen molar-refractivity contribution in [2.75, 3.05) is 13.2 Å². The van der Waals surface area contributed by atoms with Gasteiger partial charge in [-0.15, -0.1) is 0 Å². The monoisotopic (exact) mass is 310 g/mol. The normalized spacial score (nSPS) is 11.9. The number of hydrogen-bond acceptors (Lipinski definition) is 2. The Kier molecular flexibility index (Phi) is 5.22. The van der Waals surface area contributed by atoms with Crippen LogP contribution in [0.25, 0.3) is 11.1 Å². The molecule has 1 aliphatic rings.